The van der Waals surface area contributed by atoms with Gasteiger partial charge in [-0.05, 0) is 31.1 Å². The molecule has 3 rings (SSSR count). The van der Waals surface area contributed by atoms with Gasteiger partial charge in [-0.25, -0.2) is 0 Å². The fourth-order valence-electron chi connectivity index (χ4n) is 3.58. The molecule has 0 spiro atoms. The van der Waals surface area contributed by atoms with Crippen LogP contribution in [0.2, 0.25) is 0 Å². The third-order valence-corrected chi connectivity index (χ3v) is 4.92. The maximum Gasteiger partial charge on any atom is 0.233 e. The molecular formula is C14H23N3O2. The highest BCUT2D eigenvalue weighted by atomic mass is 16.2. The Labute approximate surface area is 114 Å². The molecule has 2 atom stereocenters. The molecule has 2 aliphatic carbocycles. The number of rotatable bonds is 3. The number of amides is 2. The molecule has 3 fully saturated rings. The molecule has 0 radical (unpaired) electrons. The molecule has 1 aliphatic heterocycles. The standard InChI is InChI=1S/C14H23N3O2/c1-15-13(18)9-16-2-4-17(5-3-16)14(19)12-7-10-6-11(10)8-12/h10-12H,2-9H2,1H3,(H,15,18). The van der Waals surface area contributed by atoms with Crippen LogP contribution in [0.1, 0.15) is 19.3 Å². The van der Waals surface area contributed by atoms with Crippen molar-refractivity contribution < 1.29 is 9.59 Å². The molecule has 0 aromatic heterocycles. The van der Waals surface area contributed by atoms with Crippen LogP contribution in [0.25, 0.3) is 0 Å². The van der Waals surface area contributed by atoms with Gasteiger partial charge in [-0.3, -0.25) is 14.5 Å². The zero-order valence-corrected chi connectivity index (χ0v) is 11.6. The Morgan fingerprint density at radius 1 is 1.05 bits per heavy atom. The lowest BCUT2D eigenvalue weighted by atomic mass is 10.0. The Hall–Kier alpha value is -1.10. The molecule has 0 bridgehead atoms. The first-order valence-corrected chi connectivity index (χ1v) is 7.39. The Morgan fingerprint density at radius 2 is 1.68 bits per heavy atom. The third kappa shape index (κ3) is 2.76. The summed E-state index contributed by atoms with van der Waals surface area (Å²) in [6.45, 7) is 3.65. The summed E-state index contributed by atoms with van der Waals surface area (Å²) in [6.07, 6.45) is 3.62. The summed E-state index contributed by atoms with van der Waals surface area (Å²) in [4.78, 5) is 27.8. The van der Waals surface area contributed by atoms with Gasteiger partial charge in [-0.1, -0.05) is 0 Å². The molecule has 2 unspecified atom stereocenters. The number of nitrogens with zero attached hydrogens (tertiary/aromatic N) is 2. The zero-order chi connectivity index (χ0) is 13.4. The molecule has 5 heteroatoms. The molecule has 0 aromatic carbocycles. The van der Waals surface area contributed by atoms with Gasteiger partial charge < -0.3 is 10.2 Å². The van der Waals surface area contributed by atoms with Crippen molar-refractivity contribution >= 4 is 11.8 Å². The normalized spacial score (nSPS) is 33.9. The molecule has 1 N–H and O–H groups in total. The molecule has 1 saturated heterocycles. The van der Waals surface area contributed by atoms with E-state index in [4.69, 9.17) is 0 Å². The predicted octanol–water partition coefficient (Wildman–Crippen LogP) is -0.0773. The van der Waals surface area contributed by atoms with E-state index in [-0.39, 0.29) is 5.91 Å². The van der Waals surface area contributed by atoms with Crippen molar-refractivity contribution in [3.8, 4) is 0 Å². The summed E-state index contributed by atoms with van der Waals surface area (Å²) in [5, 5.41) is 2.64. The number of fused-ring (bicyclic) bond motifs is 1. The Balaban J connectivity index is 1.44. The number of nitrogens with one attached hydrogen (secondary N) is 1. The first-order valence-electron chi connectivity index (χ1n) is 7.39. The number of piperazine rings is 1. The van der Waals surface area contributed by atoms with E-state index in [1.807, 2.05) is 4.90 Å². The topological polar surface area (TPSA) is 52.7 Å². The minimum Gasteiger partial charge on any atom is -0.358 e. The second kappa shape index (κ2) is 5.12. The summed E-state index contributed by atoms with van der Waals surface area (Å²) in [6, 6.07) is 0. The maximum absolute atomic E-state index is 12.4. The highest BCUT2D eigenvalue weighted by molar-refractivity contribution is 5.80. The quantitative estimate of drug-likeness (QED) is 0.777. The van der Waals surface area contributed by atoms with Crippen molar-refractivity contribution in [3.63, 3.8) is 0 Å². The zero-order valence-electron chi connectivity index (χ0n) is 11.6. The molecule has 2 saturated carbocycles. The minimum atomic E-state index is 0.0515. The van der Waals surface area contributed by atoms with Crippen LogP contribution in [0, 0.1) is 17.8 Å². The lowest BCUT2D eigenvalue weighted by Crippen LogP contribution is -2.52. The van der Waals surface area contributed by atoms with Crippen LogP contribution in [0.15, 0.2) is 0 Å². The van der Waals surface area contributed by atoms with Crippen LogP contribution in [-0.2, 0) is 9.59 Å². The molecule has 3 aliphatic rings. The monoisotopic (exact) mass is 265 g/mol. The molecule has 106 valence electrons. The van der Waals surface area contributed by atoms with Crippen LogP contribution in [0.4, 0.5) is 0 Å². The highest BCUT2D eigenvalue weighted by Crippen LogP contribution is 2.54. The van der Waals surface area contributed by atoms with Crippen molar-refractivity contribution in [2.45, 2.75) is 19.3 Å². The number of carbonyl (C=O) groups excluding carboxylic acids is 2. The average molecular weight is 265 g/mol. The third-order valence-electron chi connectivity index (χ3n) is 4.92. The lowest BCUT2D eigenvalue weighted by molar-refractivity contribution is -0.137. The van der Waals surface area contributed by atoms with E-state index < -0.39 is 0 Å². The van der Waals surface area contributed by atoms with Gasteiger partial charge in [0, 0.05) is 39.1 Å². The van der Waals surface area contributed by atoms with Crippen molar-refractivity contribution in [1.29, 1.82) is 0 Å². The average Bonchev–Trinajstić information content (AvgIpc) is 3.05. The van der Waals surface area contributed by atoms with E-state index in [1.165, 1.54) is 6.42 Å². The van der Waals surface area contributed by atoms with E-state index in [2.05, 4.69) is 10.2 Å². The predicted molar refractivity (Wildman–Crippen MR) is 71.4 cm³/mol. The van der Waals surface area contributed by atoms with Gasteiger partial charge in [-0.2, -0.15) is 0 Å². The second-order valence-electron chi connectivity index (χ2n) is 6.20. The van der Waals surface area contributed by atoms with E-state index in [0.717, 1.165) is 50.9 Å². The summed E-state index contributed by atoms with van der Waals surface area (Å²) in [5.74, 6) is 2.45. The van der Waals surface area contributed by atoms with Gasteiger partial charge >= 0.3 is 0 Å². The van der Waals surface area contributed by atoms with Crippen molar-refractivity contribution in [2.75, 3.05) is 39.8 Å². The van der Waals surface area contributed by atoms with E-state index in [9.17, 15) is 9.59 Å². The van der Waals surface area contributed by atoms with Crippen molar-refractivity contribution in [2.24, 2.45) is 17.8 Å². The fraction of sp³-hybridized carbons (Fsp3) is 0.857. The van der Waals surface area contributed by atoms with Crippen LogP contribution >= 0.6 is 0 Å². The summed E-state index contributed by atoms with van der Waals surface area (Å²) in [7, 11) is 1.66. The summed E-state index contributed by atoms with van der Waals surface area (Å²) < 4.78 is 0. The first kappa shape index (κ1) is 12.9. The molecule has 0 aromatic rings. The van der Waals surface area contributed by atoms with Crippen LogP contribution in [0.5, 0.6) is 0 Å². The molecule has 2 amide bonds. The number of hydrogen-bond donors (Lipinski definition) is 1. The van der Waals surface area contributed by atoms with Crippen LogP contribution in [0.3, 0.4) is 0 Å². The molecule has 1 heterocycles. The van der Waals surface area contributed by atoms with Gasteiger partial charge in [-0.15, -0.1) is 0 Å². The van der Waals surface area contributed by atoms with Crippen LogP contribution in [-0.4, -0.2) is 61.4 Å². The van der Waals surface area contributed by atoms with Gasteiger partial charge in [0.25, 0.3) is 0 Å². The van der Waals surface area contributed by atoms with Crippen molar-refractivity contribution in [1.82, 2.24) is 15.1 Å². The number of carbonyl (C=O) groups is 2. The second-order valence-corrected chi connectivity index (χ2v) is 6.20. The van der Waals surface area contributed by atoms with E-state index in [0.29, 0.717) is 18.4 Å². The molecule has 5 nitrogen and oxygen atoms in total. The number of hydrogen-bond acceptors (Lipinski definition) is 3. The Kier molecular flexibility index (Phi) is 3.48. The van der Waals surface area contributed by atoms with Gasteiger partial charge in [0.05, 0.1) is 6.54 Å². The Morgan fingerprint density at radius 3 is 2.26 bits per heavy atom. The van der Waals surface area contributed by atoms with Crippen LogP contribution < -0.4 is 5.32 Å². The van der Waals surface area contributed by atoms with Gasteiger partial charge in [0.15, 0.2) is 0 Å². The SMILES string of the molecule is CNC(=O)CN1CCN(C(=O)C2CC3CC3C2)CC1. The largest absolute Gasteiger partial charge is 0.358 e. The fourth-order valence-corrected chi connectivity index (χ4v) is 3.58. The Bertz CT molecular complexity index is 367. The summed E-state index contributed by atoms with van der Waals surface area (Å²) in [5.41, 5.74) is 0. The smallest absolute Gasteiger partial charge is 0.233 e. The molecule has 19 heavy (non-hydrogen) atoms. The van der Waals surface area contributed by atoms with Gasteiger partial charge in [0.2, 0.25) is 11.8 Å². The first-order chi connectivity index (χ1) is 9.17. The highest BCUT2D eigenvalue weighted by Gasteiger charge is 2.48. The lowest BCUT2D eigenvalue weighted by Gasteiger charge is -2.35. The van der Waals surface area contributed by atoms with Gasteiger partial charge in [0.1, 0.15) is 0 Å². The van der Waals surface area contributed by atoms with Crippen molar-refractivity contribution in [3.05, 3.63) is 0 Å². The minimum absolute atomic E-state index is 0.0515. The summed E-state index contributed by atoms with van der Waals surface area (Å²) >= 11 is 0. The number of likely N-dealkylation sites (N-methyl/N-ethyl adjacent to an activating group) is 1. The maximum atomic E-state index is 12.4. The molecular weight excluding hydrogens is 242 g/mol. The van der Waals surface area contributed by atoms with E-state index >= 15 is 0 Å². The van der Waals surface area contributed by atoms with E-state index in [1.54, 1.807) is 7.05 Å².